The van der Waals surface area contributed by atoms with E-state index in [1.54, 1.807) is 6.07 Å². The number of nitrogens with zero attached hydrogens (tertiary/aromatic N) is 3. The number of carbonyl (C=O) groups excluding carboxylic acids is 1. The van der Waals surface area contributed by atoms with Gasteiger partial charge in [-0.05, 0) is 31.5 Å². The van der Waals surface area contributed by atoms with Crippen LogP contribution in [0.15, 0.2) is 18.3 Å². The van der Waals surface area contributed by atoms with Gasteiger partial charge in [0.15, 0.2) is 0 Å². The van der Waals surface area contributed by atoms with Gasteiger partial charge in [-0.2, -0.15) is 0 Å². The summed E-state index contributed by atoms with van der Waals surface area (Å²) in [5.74, 6) is -1.08. The summed E-state index contributed by atoms with van der Waals surface area (Å²) in [6.45, 7) is 3.55. The molecule has 2 fully saturated rings. The van der Waals surface area contributed by atoms with Crippen molar-refractivity contribution in [2.45, 2.75) is 18.9 Å². The number of pyridine rings is 1. The number of carbonyl (C=O) groups is 2. The Hall–Kier alpha value is -2.15. The molecule has 2 aliphatic rings. The molecule has 0 spiro atoms. The van der Waals surface area contributed by atoms with Crippen LogP contribution in [0, 0.1) is 0 Å². The molecule has 0 bridgehead atoms. The monoisotopic (exact) mass is 290 g/mol. The van der Waals surface area contributed by atoms with Crippen molar-refractivity contribution in [1.29, 1.82) is 0 Å². The second-order valence-corrected chi connectivity index (χ2v) is 5.45. The first-order valence-electron chi connectivity index (χ1n) is 7.13. The number of hydrogen-bond donors (Lipinski definition) is 2. The molecule has 2 saturated heterocycles. The number of aromatic nitrogens is 1. The number of aromatic carboxylic acids is 1. The summed E-state index contributed by atoms with van der Waals surface area (Å²) < 4.78 is 0. The molecule has 1 unspecified atom stereocenters. The normalized spacial score (nSPS) is 21.9. The Labute approximate surface area is 122 Å². The van der Waals surface area contributed by atoms with E-state index in [2.05, 4.69) is 15.2 Å². The lowest BCUT2D eigenvalue weighted by molar-refractivity contribution is 0.0690. The highest BCUT2D eigenvalue weighted by molar-refractivity contribution is 5.90. The van der Waals surface area contributed by atoms with Gasteiger partial charge in [0.1, 0.15) is 5.69 Å². The molecule has 3 heterocycles. The van der Waals surface area contributed by atoms with Crippen molar-refractivity contribution in [3.63, 3.8) is 0 Å². The zero-order valence-electron chi connectivity index (χ0n) is 11.7. The third-order valence-corrected chi connectivity index (χ3v) is 4.11. The summed E-state index contributed by atoms with van der Waals surface area (Å²) in [6.07, 6.45) is 3.73. The van der Waals surface area contributed by atoms with E-state index in [4.69, 9.17) is 5.11 Å². The maximum absolute atomic E-state index is 12.2. The van der Waals surface area contributed by atoms with Gasteiger partial charge < -0.3 is 15.3 Å². The maximum atomic E-state index is 12.2. The summed E-state index contributed by atoms with van der Waals surface area (Å²) in [6, 6.07) is 3.27. The van der Waals surface area contributed by atoms with Gasteiger partial charge in [-0.3, -0.25) is 4.90 Å². The Bertz CT molecular complexity index is 546. The number of hydrogen-bond acceptors (Lipinski definition) is 4. The molecule has 2 amide bonds. The van der Waals surface area contributed by atoms with Crippen molar-refractivity contribution < 1.29 is 14.7 Å². The number of fused-ring (bicyclic) bond motifs is 1. The van der Waals surface area contributed by atoms with Crippen LogP contribution in [0.3, 0.4) is 0 Å². The van der Waals surface area contributed by atoms with E-state index in [1.807, 2.05) is 4.90 Å². The van der Waals surface area contributed by atoms with Crippen molar-refractivity contribution >= 4 is 17.7 Å². The minimum Gasteiger partial charge on any atom is -0.477 e. The first kappa shape index (κ1) is 13.8. The molecule has 7 nitrogen and oxygen atoms in total. The third kappa shape index (κ3) is 2.97. The van der Waals surface area contributed by atoms with Crippen LogP contribution < -0.4 is 5.32 Å². The molecule has 2 aliphatic heterocycles. The van der Waals surface area contributed by atoms with E-state index in [-0.39, 0.29) is 11.7 Å². The van der Waals surface area contributed by atoms with Crippen LogP contribution in [0.2, 0.25) is 0 Å². The predicted octanol–water partition coefficient (Wildman–Crippen LogP) is 1.09. The number of nitrogens with one attached hydrogen (secondary N) is 1. The molecule has 7 heteroatoms. The summed E-state index contributed by atoms with van der Waals surface area (Å²) in [5, 5.41) is 11.6. The minimum absolute atomic E-state index is 0.0347. The van der Waals surface area contributed by atoms with Crippen molar-refractivity contribution in [1.82, 2.24) is 14.8 Å². The Morgan fingerprint density at radius 1 is 1.29 bits per heavy atom. The SMILES string of the molecule is O=C(O)c1ccc(NC(=O)N2CCN3CCCC3C2)cn1. The van der Waals surface area contributed by atoms with Gasteiger partial charge in [-0.1, -0.05) is 0 Å². The van der Waals surface area contributed by atoms with Gasteiger partial charge >= 0.3 is 12.0 Å². The zero-order chi connectivity index (χ0) is 14.8. The summed E-state index contributed by atoms with van der Waals surface area (Å²) >= 11 is 0. The Morgan fingerprint density at radius 3 is 2.86 bits per heavy atom. The molecule has 0 radical (unpaired) electrons. The van der Waals surface area contributed by atoms with Crippen LogP contribution in [-0.2, 0) is 0 Å². The summed E-state index contributed by atoms with van der Waals surface area (Å²) in [7, 11) is 0. The average molecular weight is 290 g/mol. The smallest absolute Gasteiger partial charge is 0.354 e. The van der Waals surface area contributed by atoms with Gasteiger partial charge in [0.25, 0.3) is 0 Å². The van der Waals surface area contributed by atoms with Crippen LogP contribution in [0.25, 0.3) is 0 Å². The Kier molecular flexibility index (Phi) is 3.74. The van der Waals surface area contributed by atoms with Gasteiger partial charge in [0, 0.05) is 25.7 Å². The fourth-order valence-electron chi connectivity index (χ4n) is 2.97. The van der Waals surface area contributed by atoms with Gasteiger partial charge in [-0.25, -0.2) is 14.6 Å². The van der Waals surface area contributed by atoms with E-state index >= 15 is 0 Å². The third-order valence-electron chi connectivity index (χ3n) is 4.11. The predicted molar refractivity (Wildman–Crippen MR) is 76.4 cm³/mol. The van der Waals surface area contributed by atoms with E-state index in [1.165, 1.54) is 18.7 Å². The summed E-state index contributed by atoms with van der Waals surface area (Å²) in [5.41, 5.74) is 0.478. The summed E-state index contributed by atoms with van der Waals surface area (Å²) in [4.78, 5) is 31.0. The molecule has 1 atom stereocenters. The molecule has 3 rings (SSSR count). The van der Waals surface area contributed by atoms with Crippen molar-refractivity contribution in [3.05, 3.63) is 24.0 Å². The lowest BCUT2D eigenvalue weighted by Crippen LogP contribution is -2.53. The number of carboxylic acid groups (broad SMARTS) is 1. The maximum Gasteiger partial charge on any atom is 0.354 e. The molecule has 2 N–H and O–H groups in total. The fraction of sp³-hybridized carbons (Fsp3) is 0.500. The topological polar surface area (TPSA) is 85.8 Å². The average Bonchev–Trinajstić information content (AvgIpc) is 2.95. The second kappa shape index (κ2) is 5.69. The largest absolute Gasteiger partial charge is 0.477 e. The Morgan fingerprint density at radius 2 is 2.14 bits per heavy atom. The van der Waals surface area contributed by atoms with Crippen LogP contribution in [0.4, 0.5) is 10.5 Å². The fourth-order valence-corrected chi connectivity index (χ4v) is 2.97. The highest BCUT2D eigenvalue weighted by atomic mass is 16.4. The number of rotatable bonds is 2. The quantitative estimate of drug-likeness (QED) is 0.851. The Balaban J connectivity index is 1.59. The first-order chi connectivity index (χ1) is 10.1. The van der Waals surface area contributed by atoms with Crippen LogP contribution in [-0.4, -0.2) is 64.1 Å². The van der Waals surface area contributed by atoms with Crippen LogP contribution in [0.5, 0.6) is 0 Å². The lowest BCUT2D eigenvalue weighted by Gasteiger charge is -2.37. The van der Waals surface area contributed by atoms with Gasteiger partial charge in [-0.15, -0.1) is 0 Å². The molecular formula is C14H18N4O3. The molecule has 0 aliphatic carbocycles. The molecule has 21 heavy (non-hydrogen) atoms. The molecule has 0 aromatic carbocycles. The van der Waals surface area contributed by atoms with Crippen LogP contribution in [0.1, 0.15) is 23.3 Å². The standard InChI is InChI=1S/C14H18N4O3/c19-13(20)12-4-3-10(8-15-12)16-14(21)18-7-6-17-5-1-2-11(17)9-18/h3-4,8,11H,1-2,5-7,9H2,(H,16,21)(H,19,20). The number of urea groups is 1. The van der Waals surface area contributed by atoms with E-state index in [0.29, 0.717) is 11.7 Å². The highest BCUT2D eigenvalue weighted by Gasteiger charge is 2.32. The van der Waals surface area contributed by atoms with E-state index < -0.39 is 5.97 Å². The van der Waals surface area contributed by atoms with Crippen molar-refractivity contribution in [2.24, 2.45) is 0 Å². The van der Waals surface area contributed by atoms with Gasteiger partial charge in [0.2, 0.25) is 0 Å². The molecule has 112 valence electrons. The number of carboxylic acids is 1. The molecule has 1 aromatic heterocycles. The first-order valence-corrected chi connectivity index (χ1v) is 7.13. The molecular weight excluding hydrogens is 272 g/mol. The molecule has 0 saturated carbocycles. The van der Waals surface area contributed by atoms with E-state index in [9.17, 15) is 9.59 Å². The number of piperazine rings is 1. The molecule has 1 aromatic rings. The van der Waals surface area contributed by atoms with Crippen molar-refractivity contribution in [3.8, 4) is 0 Å². The van der Waals surface area contributed by atoms with E-state index in [0.717, 1.165) is 32.6 Å². The highest BCUT2D eigenvalue weighted by Crippen LogP contribution is 2.21. The van der Waals surface area contributed by atoms with Crippen LogP contribution >= 0.6 is 0 Å². The number of amides is 2. The van der Waals surface area contributed by atoms with Crippen molar-refractivity contribution in [2.75, 3.05) is 31.5 Å². The second-order valence-electron chi connectivity index (χ2n) is 5.45. The zero-order valence-corrected chi connectivity index (χ0v) is 11.7. The lowest BCUT2D eigenvalue weighted by atomic mass is 10.1. The van der Waals surface area contributed by atoms with Gasteiger partial charge in [0.05, 0.1) is 11.9 Å². The minimum atomic E-state index is -1.08. The number of anilines is 1.